The largest absolute Gasteiger partial charge is 0.353 e. The Morgan fingerprint density at radius 3 is 2.64 bits per heavy atom. The number of hydrogen-bond acceptors (Lipinski definition) is 2. The van der Waals surface area contributed by atoms with E-state index in [-0.39, 0.29) is 6.29 Å². The second kappa shape index (κ2) is 6.83. The molecule has 0 bridgehead atoms. The maximum Gasteiger partial charge on any atom is 0.154 e. The summed E-state index contributed by atoms with van der Waals surface area (Å²) in [4.78, 5) is 0. The Bertz CT molecular complexity index is 115. The molecule has 0 rings (SSSR count). The first-order valence-electron chi connectivity index (χ1n) is 3.73. The van der Waals surface area contributed by atoms with Gasteiger partial charge in [-0.25, -0.2) is 0 Å². The molecule has 11 heavy (non-hydrogen) atoms. The van der Waals surface area contributed by atoms with Crippen molar-refractivity contribution in [2.75, 3.05) is 13.2 Å². The van der Waals surface area contributed by atoms with Crippen molar-refractivity contribution in [2.24, 2.45) is 0 Å². The fourth-order valence-electron chi connectivity index (χ4n) is 0.618. The summed E-state index contributed by atoms with van der Waals surface area (Å²) in [5.74, 6) is 0. The summed E-state index contributed by atoms with van der Waals surface area (Å²) in [5, 5.41) is 0. The molecule has 0 amide bonds. The van der Waals surface area contributed by atoms with Crippen molar-refractivity contribution < 1.29 is 9.47 Å². The molecule has 1 atom stereocenters. The van der Waals surface area contributed by atoms with Crippen LogP contribution in [0, 0.1) is 0 Å². The topological polar surface area (TPSA) is 18.5 Å². The van der Waals surface area contributed by atoms with Crippen molar-refractivity contribution in [3.8, 4) is 0 Å². The van der Waals surface area contributed by atoms with Gasteiger partial charge in [0.2, 0.25) is 0 Å². The second-order valence-corrected chi connectivity index (χ2v) is 3.28. The summed E-state index contributed by atoms with van der Waals surface area (Å²) in [5.41, 5.74) is 0. The molecule has 0 aliphatic carbocycles. The van der Waals surface area contributed by atoms with Crippen LogP contribution < -0.4 is 0 Å². The van der Waals surface area contributed by atoms with E-state index >= 15 is 0 Å². The Balaban J connectivity index is 3.16. The maximum atomic E-state index is 5.28. The number of halogens is 1. The number of rotatable bonds is 6. The molecule has 0 aromatic carbocycles. The summed E-state index contributed by atoms with van der Waals surface area (Å²) < 4.78 is 11.4. The van der Waals surface area contributed by atoms with Crippen molar-refractivity contribution in [1.29, 1.82) is 0 Å². The Morgan fingerprint density at radius 2 is 2.18 bits per heavy atom. The lowest BCUT2D eigenvalue weighted by molar-refractivity contribution is -0.125. The van der Waals surface area contributed by atoms with E-state index in [1.807, 2.05) is 13.8 Å². The highest BCUT2D eigenvalue weighted by Gasteiger charge is 1.99. The molecular weight excluding hydrogens is 208 g/mol. The standard InChI is InChI=1S/C8H15BrO2/c1-4-10-8(3)11-6-5-7(2)9/h8H,2,4-6H2,1,3H3. The molecule has 66 valence electrons. The van der Waals surface area contributed by atoms with Gasteiger partial charge in [0.15, 0.2) is 6.29 Å². The Labute approximate surface area is 76.7 Å². The smallest absolute Gasteiger partial charge is 0.154 e. The molecule has 0 aliphatic rings. The van der Waals surface area contributed by atoms with Gasteiger partial charge >= 0.3 is 0 Å². The SMILES string of the molecule is C=C(Br)CCOC(C)OCC. The van der Waals surface area contributed by atoms with Crippen LogP contribution in [0.2, 0.25) is 0 Å². The molecule has 0 spiro atoms. The molecule has 0 aliphatic heterocycles. The summed E-state index contributed by atoms with van der Waals surface area (Å²) in [6.07, 6.45) is 0.726. The first kappa shape index (κ1) is 11.1. The highest BCUT2D eigenvalue weighted by Crippen LogP contribution is 2.06. The predicted octanol–water partition coefficient (Wildman–Crippen LogP) is 2.68. The molecular formula is C8H15BrO2. The van der Waals surface area contributed by atoms with Gasteiger partial charge in [-0.15, -0.1) is 0 Å². The van der Waals surface area contributed by atoms with Gasteiger partial charge < -0.3 is 9.47 Å². The van der Waals surface area contributed by atoms with Gasteiger partial charge in [0.25, 0.3) is 0 Å². The molecule has 0 saturated heterocycles. The molecule has 0 aromatic heterocycles. The van der Waals surface area contributed by atoms with Crippen molar-refractivity contribution >= 4 is 15.9 Å². The zero-order chi connectivity index (χ0) is 8.69. The number of ether oxygens (including phenoxy) is 2. The maximum absolute atomic E-state index is 5.28. The van der Waals surface area contributed by atoms with Crippen molar-refractivity contribution in [1.82, 2.24) is 0 Å². The van der Waals surface area contributed by atoms with Crippen LogP contribution in [0.4, 0.5) is 0 Å². The second-order valence-electron chi connectivity index (χ2n) is 2.16. The van der Waals surface area contributed by atoms with E-state index in [0.717, 1.165) is 10.9 Å². The van der Waals surface area contributed by atoms with Gasteiger partial charge in [-0.1, -0.05) is 22.5 Å². The van der Waals surface area contributed by atoms with Crippen molar-refractivity contribution in [2.45, 2.75) is 26.6 Å². The van der Waals surface area contributed by atoms with E-state index in [4.69, 9.17) is 9.47 Å². The minimum Gasteiger partial charge on any atom is -0.353 e. The lowest BCUT2D eigenvalue weighted by Crippen LogP contribution is -2.13. The van der Waals surface area contributed by atoms with Gasteiger partial charge in [0.05, 0.1) is 6.61 Å². The fraction of sp³-hybridized carbons (Fsp3) is 0.750. The Hall–Kier alpha value is 0.140. The van der Waals surface area contributed by atoms with Crippen LogP contribution in [-0.4, -0.2) is 19.5 Å². The quantitative estimate of drug-likeness (QED) is 0.644. The molecule has 0 N–H and O–H groups in total. The highest BCUT2D eigenvalue weighted by molar-refractivity contribution is 9.11. The molecule has 2 nitrogen and oxygen atoms in total. The lowest BCUT2D eigenvalue weighted by atomic mass is 10.4. The zero-order valence-electron chi connectivity index (χ0n) is 7.10. The lowest BCUT2D eigenvalue weighted by Gasteiger charge is -2.11. The Kier molecular flexibility index (Phi) is 6.91. The minimum absolute atomic E-state index is 0.105. The van der Waals surface area contributed by atoms with Gasteiger partial charge in [-0.3, -0.25) is 0 Å². The third kappa shape index (κ3) is 8.04. The third-order valence-electron chi connectivity index (χ3n) is 1.13. The minimum atomic E-state index is -0.105. The van der Waals surface area contributed by atoms with Crippen LogP contribution in [0.3, 0.4) is 0 Å². The first-order chi connectivity index (χ1) is 5.16. The molecule has 0 radical (unpaired) electrons. The monoisotopic (exact) mass is 222 g/mol. The van der Waals surface area contributed by atoms with Gasteiger partial charge in [-0.05, 0) is 18.3 Å². The molecule has 0 saturated carbocycles. The van der Waals surface area contributed by atoms with Crippen LogP contribution in [0.15, 0.2) is 11.1 Å². The van der Waals surface area contributed by atoms with Crippen molar-refractivity contribution in [3.05, 3.63) is 11.1 Å². The van der Waals surface area contributed by atoms with E-state index in [2.05, 4.69) is 22.5 Å². The molecule has 0 heterocycles. The highest BCUT2D eigenvalue weighted by atomic mass is 79.9. The summed E-state index contributed by atoms with van der Waals surface area (Å²) >= 11 is 3.25. The summed E-state index contributed by atoms with van der Waals surface area (Å²) in [7, 11) is 0. The zero-order valence-corrected chi connectivity index (χ0v) is 8.69. The average Bonchev–Trinajstić information content (AvgIpc) is 1.87. The summed E-state index contributed by atoms with van der Waals surface area (Å²) in [6, 6.07) is 0. The Morgan fingerprint density at radius 1 is 1.55 bits per heavy atom. The van der Waals surface area contributed by atoms with Gasteiger partial charge in [0, 0.05) is 13.0 Å². The number of hydrogen-bond donors (Lipinski definition) is 0. The molecule has 3 heteroatoms. The third-order valence-corrected chi connectivity index (χ3v) is 1.52. The normalized spacial score (nSPS) is 13.0. The van der Waals surface area contributed by atoms with E-state index in [1.54, 1.807) is 0 Å². The van der Waals surface area contributed by atoms with E-state index in [0.29, 0.717) is 13.2 Å². The summed E-state index contributed by atoms with van der Waals surface area (Å²) in [6.45, 7) is 8.88. The predicted molar refractivity (Wildman–Crippen MR) is 49.7 cm³/mol. The fourth-order valence-corrected chi connectivity index (χ4v) is 0.780. The van der Waals surface area contributed by atoms with Crippen LogP contribution in [0.25, 0.3) is 0 Å². The van der Waals surface area contributed by atoms with Crippen LogP contribution in [-0.2, 0) is 9.47 Å². The van der Waals surface area contributed by atoms with E-state index in [9.17, 15) is 0 Å². The van der Waals surface area contributed by atoms with Crippen LogP contribution in [0.1, 0.15) is 20.3 Å². The van der Waals surface area contributed by atoms with Gasteiger partial charge in [0.1, 0.15) is 0 Å². The van der Waals surface area contributed by atoms with Crippen molar-refractivity contribution in [3.63, 3.8) is 0 Å². The first-order valence-corrected chi connectivity index (χ1v) is 4.52. The molecule has 1 unspecified atom stereocenters. The van der Waals surface area contributed by atoms with Crippen LogP contribution >= 0.6 is 15.9 Å². The van der Waals surface area contributed by atoms with Crippen LogP contribution in [0.5, 0.6) is 0 Å². The van der Waals surface area contributed by atoms with E-state index in [1.165, 1.54) is 0 Å². The molecule has 0 aromatic rings. The average molecular weight is 223 g/mol. The van der Waals surface area contributed by atoms with E-state index < -0.39 is 0 Å². The molecule has 0 fully saturated rings. The van der Waals surface area contributed by atoms with Gasteiger partial charge in [-0.2, -0.15) is 0 Å².